The van der Waals surface area contributed by atoms with Gasteiger partial charge in [-0.25, -0.2) is 4.39 Å². The van der Waals surface area contributed by atoms with Crippen LogP contribution in [-0.4, -0.2) is 11.2 Å². The third-order valence-corrected chi connectivity index (χ3v) is 4.41. The van der Waals surface area contributed by atoms with Gasteiger partial charge in [0.25, 0.3) is 0 Å². The molecule has 0 bridgehead atoms. The van der Waals surface area contributed by atoms with Crippen LogP contribution < -0.4 is 0 Å². The number of nitrogens with zero attached hydrogens (tertiary/aromatic N) is 1. The molecule has 3 heteroatoms. The fourth-order valence-corrected chi connectivity index (χ4v) is 3.50. The molecule has 21 heavy (non-hydrogen) atoms. The van der Waals surface area contributed by atoms with Crippen molar-refractivity contribution >= 4 is 22.7 Å². The first-order valence-corrected chi connectivity index (χ1v) is 8.19. The third-order valence-electron chi connectivity index (χ3n) is 3.59. The van der Waals surface area contributed by atoms with Gasteiger partial charge < -0.3 is 0 Å². The van der Waals surface area contributed by atoms with Crippen molar-refractivity contribution in [2.75, 3.05) is 6.26 Å². The minimum absolute atomic E-state index is 0.204. The summed E-state index contributed by atoms with van der Waals surface area (Å²) in [4.78, 5) is 5.66. The maximum absolute atomic E-state index is 14.3. The topological polar surface area (TPSA) is 12.9 Å². The maximum atomic E-state index is 14.3. The Hall–Kier alpha value is -1.87. The Morgan fingerprint density at radius 1 is 1.05 bits per heavy atom. The molecule has 3 aromatic rings. The summed E-state index contributed by atoms with van der Waals surface area (Å²) in [6.07, 6.45) is 2.82. The van der Waals surface area contributed by atoms with Crippen LogP contribution in [0.15, 0.2) is 53.4 Å². The van der Waals surface area contributed by atoms with E-state index in [1.807, 2.05) is 30.5 Å². The molecule has 0 unspecified atom stereocenters. The fourth-order valence-electron chi connectivity index (χ4n) is 2.65. The number of hydrogen-bond acceptors (Lipinski definition) is 2. The Bertz CT molecular complexity index is 784. The van der Waals surface area contributed by atoms with Gasteiger partial charge in [0.2, 0.25) is 0 Å². The average Bonchev–Trinajstić information content (AvgIpc) is 2.54. The summed E-state index contributed by atoms with van der Waals surface area (Å²) >= 11 is 1.58. The second-order valence-corrected chi connectivity index (χ2v) is 5.64. The highest BCUT2D eigenvalue weighted by molar-refractivity contribution is 7.99. The normalized spacial score (nSPS) is 11.0. The number of halogens is 1. The van der Waals surface area contributed by atoms with Gasteiger partial charge in [-0.3, -0.25) is 4.98 Å². The average molecular weight is 297 g/mol. The first-order chi connectivity index (χ1) is 10.3. The number of aromatic nitrogens is 1. The van der Waals surface area contributed by atoms with E-state index in [0.29, 0.717) is 5.39 Å². The molecule has 0 saturated heterocycles. The minimum Gasteiger partial charge on any atom is -0.252 e. The molecule has 1 nitrogen and oxygen atoms in total. The molecule has 0 spiro atoms. The molecule has 1 heterocycles. The Kier molecular flexibility index (Phi) is 3.93. The van der Waals surface area contributed by atoms with Crippen LogP contribution >= 0.6 is 11.8 Å². The summed E-state index contributed by atoms with van der Waals surface area (Å²) in [7, 11) is 0. The summed E-state index contributed by atoms with van der Waals surface area (Å²) in [6.45, 7) is 2.09. The Morgan fingerprint density at radius 2 is 1.81 bits per heavy atom. The van der Waals surface area contributed by atoms with Gasteiger partial charge >= 0.3 is 0 Å². The summed E-state index contributed by atoms with van der Waals surface area (Å²) in [5.41, 5.74) is 3.90. The van der Waals surface area contributed by atoms with E-state index >= 15 is 0 Å². The lowest BCUT2D eigenvalue weighted by atomic mass is 10.00. The lowest BCUT2D eigenvalue weighted by molar-refractivity contribution is 0.637. The van der Waals surface area contributed by atoms with Crippen molar-refractivity contribution < 1.29 is 4.39 Å². The zero-order chi connectivity index (χ0) is 14.8. The van der Waals surface area contributed by atoms with Gasteiger partial charge in [0.1, 0.15) is 5.82 Å². The molecule has 2 aromatic carbocycles. The Morgan fingerprint density at radius 3 is 2.48 bits per heavy atom. The lowest BCUT2D eigenvalue weighted by Crippen LogP contribution is -1.98. The second kappa shape index (κ2) is 5.86. The monoisotopic (exact) mass is 297 g/mol. The number of rotatable bonds is 3. The molecule has 0 amide bonds. The zero-order valence-corrected chi connectivity index (χ0v) is 12.9. The summed E-state index contributed by atoms with van der Waals surface area (Å²) in [5, 5.41) is 0.626. The van der Waals surface area contributed by atoms with Crippen molar-refractivity contribution in [3.8, 4) is 11.1 Å². The van der Waals surface area contributed by atoms with Gasteiger partial charge in [0, 0.05) is 16.2 Å². The fraction of sp³-hybridized carbons (Fsp3) is 0.167. The van der Waals surface area contributed by atoms with Crippen molar-refractivity contribution in [2.24, 2.45) is 0 Å². The number of thioether (sulfide) groups is 1. The first kappa shape index (κ1) is 14.1. The zero-order valence-electron chi connectivity index (χ0n) is 12.1. The van der Waals surface area contributed by atoms with Crippen LogP contribution in [0.2, 0.25) is 0 Å². The van der Waals surface area contributed by atoms with Crippen LogP contribution in [0, 0.1) is 5.82 Å². The maximum Gasteiger partial charge on any atom is 0.133 e. The number of aryl methyl sites for hydroxylation is 1. The number of pyridine rings is 1. The van der Waals surface area contributed by atoms with E-state index in [-0.39, 0.29) is 5.82 Å². The van der Waals surface area contributed by atoms with Gasteiger partial charge in [-0.1, -0.05) is 43.3 Å². The van der Waals surface area contributed by atoms with E-state index in [9.17, 15) is 4.39 Å². The second-order valence-electron chi connectivity index (χ2n) is 4.82. The number of benzene rings is 2. The predicted molar refractivity (Wildman–Crippen MR) is 88.3 cm³/mol. The minimum atomic E-state index is -0.204. The van der Waals surface area contributed by atoms with Gasteiger partial charge in [-0.2, -0.15) is 0 Å². The van der Waals surface area contributed by atoms with E-state index < -0.39 is 0 Å². The van der Waals surface area contributed by atoms with Crippen molar-refractivity contribution in [3.63, 3.8) is 0 Å². The number of fused-ring (bicyclic) bond motifs is 1. The van der Waals surface area contributed by atoms with Gasteiger partial charge in [0.15, 0.2) is 0 Å². The van der Waals surface area contributed by atoms with E-state index in [2.05, 4.69) is 24.0 Å². The van der Waals surface area contributed by atoms with E-state index in [0.717, 1.165) is 33.7 Å². The summed E-state index contributed by atoms with van der Waals surface area (Å²) in [5.74, 6) is -0.204. The molecule has 0 fully saturated rings. The molecule has 0 N–H and O–H groups in total. The van der Waals surface area contributed by atoms with Gasteiger partial charge in [0.05, 0.1) is 10.9 Å². The molecule has 0 radical (unpaired) electrons. The molecule has 0 saturated carbocycles. The Labute approximate surface area is 128 Å². The van der Waals surface area contributed by atoms with E-state index in [1.54, 1.807) is 17.8 Å². The van der Waals surface area contributed by atoms with Gasteiger partial charge in [-0.05, 0) is 30.4 Å². The highest BCUT2D eigenvalue weighted by atomic mass is 32.2. The van der Waals surface area contributed by atoms with Crippen molar-refractivity contribution in [1.82, 2.24) is 4.98 Å². The smallest absolute Gasteiger partial charge is 0.133 e. The summed E-state index contributed by atoms with van der Waals surface area (Å²) < 4.78 is 14.3. The Balaban J connectivity index is 2.44. The molecule has 0 aliphatic rings. The molecule has 0 aliphatic heterocycles. The highest BCUT2D eigenvalue weighted by Crippen LogP contribution is 2.39. The highest BCUT2D eigenvalue weighted by Gasteiger charge is 2.17. The van der Waals surface area contributed by atoms with Crippen molar-refractivity contribution in [2.45, 2.75) is 18.2 Å². The standard InChI is InChI=1S/C18H16FNS/c1-3-14-16(12-8-5-4-6-9-12)18(21-2)17-13(19)10-7-11-15(17)20-14/h4-11H,3H2,1-2H3. The van der Waals surface area contributed by atoms with Crippen LogP contribution in [0.4, 0.5) is 4.39 Å². The SMILES string of the molecule is CCc1nc2cccc(F)c2c(SC)c1-c1ccccc1. The summed E-state index contributed by atoms with van der Waals surface area (Å²) in [6, 6.07) is 15.2. The van der Waals surface area contributed by atoms with Crippen LogP contribution in [-0.2, 0) is 6.42 Å². The largest absolute Gasteiger partial charge is 0.252 e. The van der Waals surface area contributed by atoms with Gasteiger partial charge in [-0.15, -0.1) is 11.8 Å². The number of hydrogen-bond donors (Lipinski definition) is 0. The predicted octanol–water partition coefficient (Wildman–Crippen LogP) is 5.33. The molecule has 3 rings (SSSR count). The van der Waals surface area contributed by atoms with Crippen LogP contribution in [0.5, 0.6) is 0 Å². The van der Waals surface area contributed by atoms with Crippen molar-refractivity contribution in [1.29, 1.82) is 0 Å². The molecule has 0 atom stereocenters. The lowest BCUT2D eigenvalue weighted by Gasteiger charge is -2.15. The quantitative estimate of drug-likeness (QED) is 0.606. The van der Waals surface area contributed by atoms with Crippen LogP contribution in [0.1, 0.15) is 12.6 Å². The molecule has 1 aromatic heterocycles. The van der Waals surface area contributed by atoms with Crippen molar-refractivity contribution in [3.05, 3.63) is 60.0 Å². The van der Waals surface area contributed by atoms with E-state index in [4.69, 9.17) is 0 Å². The molecular weight excluding hydrogens is 281 g/mol. The molecular formula is C18H16FNS. The molecule has 106 valence electrons. The van der Waals surface area contributed by atoms with Crippen LogP contribution in [0.3, 0.4) is 0 Å². The van der Waals surface area contributed by atoms with E-state index in [1.165, 1.54) is 6.07 Å². The third kappa shape index (κ3) is 2.42. The first-order valence-electron chi connectivity index (χ1n) is 6.96. The molecule has 0 aliphatic carbocycles. The van der Waals surface area contributed by atoms with Crippen LogP contribution in [0.25, 0.3) is 22.0 Å².